The summed E-state index contributed by atoms with van der Waals surface area (Å²) in [6.45, 7) is 0. The molecule has 0 atom stereocenters. The Balaban J connectivity index is 1.76. The monoisotopic (exact) mass is 224 g/mol. The molecule has 0 unspecified atom stereocenters. The minimum Gasteiger partial charge on any atom is -0.439 e. The zero-order valence-electron chi connectivity index (χ0n) is 7.55. The molecule has 4 heteroatoms. The van der Waals surface area contributed by atoms with Crippen molar-refractivity contribution in [3.8, 4) is 5.75 Å². The van der Waals surface area contributed by atoms with E-state index in [2.05, 4.69) is 4.72 Å². The number of nitrogens with zero attached hydrogens (tertiary/aromatic N) is 1. The fourth-order valence-corrected chi connectivity index (χ4v) is 1.71. The van der Waals surface area contributed by atoms with E-state index in [9.17, 15) is 0 Å². The van der Waals surface area contributed by atoms with Crippen molar-refractivity contribution < 1.29 is 4.74 Å². The molecule has 1 radical (unpaired) electrons. The van der Waals surface area contributed by atoms with E-state index in [4.69, 9.17) is 17.0 Å². The highest BCUT2D eigenvalue weighted by Gasteiger charge is 2.23. The molecule has 1 aliphatic rings. The maximum Gasteiger partial charge on any atom is 0.242 e. The highest BCUT2D eigenvalue weighted by Crippen LogP contribution is 2.24. The molecular formula is C10H10NOS2. The van der Waals surface area contributed by atoms with Gasteiger partial charge in [-0.25, -0.2) is 0 Å². The Bertz CT molecular complexity index is 311. The topological polar surface area (TPSA) is 23.3 Å². The van der Waals surface area contributed by atoms with Gasteiger partial charge < -0.3 is 4.74 Å². The van der Waals surface area contributed by atoms with Crippen LogP contribution < -0.4 is 9.46 Å². The fraction of sp³-hybridized carbons (Fsp3) is 0.300. The van der Waals surface area contributed by atoms with Crippen molar-refractivity contribution in [1.29, 1.82) is 0 Å². The van der Waals surface area contributed by atoms with Crippen LogP contribution in [0.2, 0.25) is 0 Å². The summed E-state index contributed by atoms with van der Waals surface area (Å²) in [5.74, 6) is 0.774. The van der Waals surface area contributed by atoms with Gasteiger partial charge in [0.25, 0.3) is 0 Å². The zero-order chi connectivity index (χ0) is 9.80. The summed E-state index contributed by atoms with van der Waals surface area (Å²) in [6.07, 6.45) is 2.39. The molecule has 1 aliphatic carbocycles. The summed E-state index contributed by atoms with van der Waals surface area (Å²) in [5.41, 5.74) is 0. The zero-order valence-corrected chi connectivity index (χ0v) is 9.18. The Morgan fingerprint density at radius 3 is 2.71 bits per heavy atom. The van der Waals surface area contributed by atoms with Crippen molar-refractivity contribution in [1.82, 2.24) is 4.72 Å². The second-order valence-electron chi connectivity index (χ2n) is 3.09. The van der Waals surface area contributed by atoms with E-state index in [-0.39, 0.29) is 0 Å². The van der Waals surface area contributed by atoms with Crippen LogP contribution in [0.4, 0.5) is 0 Å². The summed E-state index contributed by atoms with van der Waals surface area (Å²) in [6, 6.07) is 10.0. The van der Waals surface area contributed by atoms with Gasteiger partial charge in [-0.1, -0.05) is 18.2 Å². The normalized spacial score (nSPS) is 15.1. The molecule has 0 amide bonds. The van der Waals surface area contributed by atoms with Gasteiger partial charge >= 0.3 is 0 Å². The molecule has 0 saturated heterocycles. The third-order valence-electron chi connectivity index (χ3n) is 1.77. The second kappa shape index (κ2) is 4.77. The van der Waals surface area contributed by atoms with Crippen LogP contribution in [0.25, 0.3) is 0 Å². The lowest BCUT2D eigenvalue weighted by atomic mass is 10.3. The van der Waals surface area contributed by atoms with Crippen molar-refractivity contribution in [2.75, 3.05) is 0 Å². The van der Waals surface area contributed by atoms with E-state index >= 15 is 0 Å². The Labute approximate surface area is 93.2 Å². The summed E-state index contributed by atoms with van der Waals surface area (Å²) in [7, 11) is 0. The standard InChI is InChI=1S/C10H10NOS2/c13-10(14-11-8-6-7-8)12-9-4-2-1-3-5-9/h1-5,8H,6-7H2. The molecule has 0 heterocycles. The van der Waals surface area contributed by atoms with E-state index in [0.29, 0.717) is 10.4 Å². The van der Waals surface area contributed by atoms with E-state index in [0.717, 1.165) is 5.75 Å². The summed E-state index contributed by atoms with van der Waals surface area (Å²) >= 11 is 6.31. The SMILES string of the molecule is S=C(Oc1ccccc1)S[N]C1CC1. The molecule has 0 aromatic heterocycles. The molecule has 1 aromatic rings. The average molecular weight is 224 g/mol. The first-order chi connectivity index (χ1) is 6.84. The first kappa shape index (κ1) is 9.96. The Hall–Kier alpha value is -0.580. The molecule has 2 rings (SSSR count). The van der Waals surface area contributed by atoms with Crippen LogP contribution in [0.1, 0.15) is 12.8 Å². The van der Waals surface area contributed by atoms with Crippen LogP contribution in [-0.2, 0) is 0 Å². The molecular weight excluding hydrogens is 214 g/mol. The maximum absolute atomic E-state index is 5.39. The van der Waals surface area contributed by atoms with E-state index in [1.54, 1.807) is 0 Å². The van der Waals surface area contributed by atoms with Crippen LogP contribution >= 0.6 is 24.2 Å². The van der Waals surface area contributed by atoms with Crippen LogP contribution in [-0.4, -0.2) is 10.4 Å². The first-order valence-corrected chi connectivity index (χ1v) is 5.67. The van der Waals surface area contributed by atoms with Crippen molar-refractivity contribution >= 4 is 28.5 Å². The van der Waals surface area contributed by atoms with Crippen LogP contribution in [0.15, 0.2) is 30.3 Å². The fourth-order valence-electron chi connectivity index (χ4n) is 0.901. The molecule has 0 aliphatic heterocycles. The van der Waals surface area contributed by atoms with Crippen LogP contribution in [0, 0.1) is 0 Å². The Kier molecular flexibility index (Phi) is 3.39. The van der Waals surface area contributed by atoms with Gasteiger partial charge in [0, 0.05) is 18.0 Å². The quantitative estimate of drug-likeness (QED) is 0.582. The van der Waals surface area contributed by atoms with Gasteiger partial charge in [-0.2, -0.15) is 4.72 Å². The van der Waals surface area contributed by atoms with Gasteiger partial charge in [-0.05, 0) is 37.2 Å². The lowest BCUT2D eigenvalue weighted by molar-refractivity contribution is 0.578. The molecule has 1 saturated carbocycles. The molecule has 0 spiro atoms. The number of hydrogen-bond donors (Lipinski definition) is 0. The average Bonchev–Trinajstić information content (AvgIpc) is 3.00. The molecule has 14 heavy (non-hydrogen) atoms. The lowest BCUT2D eigenvalue weighted by Gasteiger charge is -2.04. The molecule has 0 bridgehead atoms. The smallest absolute Gasteiger partial charge is 0.242 e. The van der Waals surface area contributed by atoms with Gasteiger partial charge in [0.05, 0.1) is 0 Å². The second-order valence-corrected chi connectivity index (χ2v) is 4.49. The van der Waals surface area contributed by atoms with E-state index < -0.39 is 0 Å². The van der Waals surface area contributed by atoms with Gasteiger partial charge in [0.1, 0.15) is 5.75 Å². The molecule has 1 fully saturated rings. The van der Waals surface area contributed by atoms with E-state index in [1.165, 1.54) is 24.8 Å². The predicted molar refractivity (Wildman–Crippen MR) is 62.4 cm³/mol. The van der Waals surface area contributed by atoms with Crippen molar-refractivity contribution in [3.05, 3.63) is 30.3 Å². The van der Waals surface area contributed by atoms with Crippen molar-refractivity contribution in [2.24, 2.45) is 0 Å². The van der Waals surface area contributed by atoms with Gasteiger partial charge in [0.2, 0.25) is 4.38 Å². The Morgan fingerprint density at radius 1 is 1.36 bits per heavy atom. The number of benzene rings is 1. The van der Waals surface area contributed by atoms with Gasteiger partial charge in [0.15, 0.2) is 0 Å². The number of rotatable bonds is 3. The minimum atomic E-state index is 0.475. The molecule has 1 aromatic carbocycles. The van der Waals surface area contributed by atoms with Crippen molar-refractivity contribution in [2.45, 2.75) is 18.9 Å². The summed E-state index contributed by atoms with van der Waals surface area (Å²) in [5, 5.41) is 0. The van der Waals surface area contributed by atoms with E-state index in [1.807, 2.05) is 30.3 Å². The highest BCUT2D eigenvalue weighted by molar-refractivity contribution is 8.21. The highest BCUT2D eigenvalue weighted by atomic mass is 32.2. The minimum absolute atomic E-state index is 0.475. The third-order valence-corrected chi connectivity index (χ3v) is 2.71. The largest absolute Gasteiger partial charge is 0.439 e. The third kappa shape index (κ3) is 3.29. The van der Waals surface area contributed by atoms with Gasteiger partial charge in [-0.15, -0.1) is 0 Å². The number of ether oxygens (including phenoxy) is 1. The lowest BCUT2D eigenvalue weighted by Crippen LogP contribution is -2.06. The number of hydrogen-bond acceptors (Lipinski definition) is 3. The maximum atomic E-state index is 5.39. The number of para-hydroxylation sites is 1. The van der Waals surface area contributed by atoms with Crippen LogP contribution in [0.5, 0.6) is 5.75 Å². The van der Waals surface area contributed by atoms with Gasteiger partial charge in [-0.3, -0.25) is 0 Å². The van der Waals surface area contributed by atoms with Crippen LogP contribution in [0.3, 0.4) is 0 Å². The first-order valence-electron chi connectivity index (χ1n) is 4.48. The summed E-state index contributed by atoms with van der Waals surface area (Å²) < 4.78 is 10.2. The predicted octanol–water partition coefficient (Wildman–Crippen LogP) is 2.77. The summed E-state index contributed by atoms with van der Waals surface area (Å²) in [4.78, 5) is 0. The number of thiocarbonyl (C=S) groups is 1. The Morgan fingerprint density at radius 2 is 2.07 bits per heavy atom. The molecule has 2 nitrogen and oxygen atoms in total. The van der Waals surface area contributed by atoms with Crippen molar-refractivity contribution in [3.63, 3.8) is 0 Å². The molecule has 73 valence electrons. The molecule has 0 N–H and O–H groups in total.